The molecular formula is C40H36F2O10. The molecule has 0 heterocycles. The fourth-order valence-electron chi connectivity index (χ4n) is 5.03. The van der Waals surface area contributed by atoms with Gasteiger partial charge in [0.15, 0.2) is 6.79 Å². The lowest BCUT2D eigenvalue weighted by atomic mass is 9.82. The molecule has 0 fully saturated rings. The van der Waals surface area contributed by atoms with Gasteiger partial charge in [-0.05, 0) is 84.6 Å². The molecule has 0 saturated carbocycles. The van der Waals surface area contributed by atoms with Crippen molar-refractivity contribution in [1.82, 2.24) is 0 Å². The van der Waals surface area contributed by atoms with Crippen LogP contribution in [0.1, 0.15) is 59.5 Å². The van der Waals surface area contributed by atoms with Crippen molar-refractivity contribution in [1.29, 1.82) is 0 Å². The second kappa shape index (κ2) is 16.7. The van der Waals surface area contributed by atoms with E-state index in [1.807, 2.05) is 19.9 Å². The first-order valence-corrected chi connectivity index (χ1v) is 15.7. The summed E-state index contributed by atoms with van der Waals surface area (Å²) in [7, 11) is 1.45. The first-order valence-electron chi connectivity index (χ1n) is 15.7. The van der Waals surface area contributed by atoms with E-state index in [2.05, 4.69) is 22.6 Å². The van der Waals surface area contributed by atoms with E-state index in [0.29, 0.717) is 5.57 Å². The van der Waals surface area contributed by atoms with Crippen molar-refractivity contribution in [3.05, 3.63) is 137 Å². The Morgan fingerprint density at radius 2 is 1.12 bits per heavy atom. The highest BCUT2D eigenvalue weighted by atomic mass is 19.1. The highest BCUT2D eigenvalue weighted by Gasteiger charge is 2.36. The van der Waals surface area contributed by atoms with E-state index in [9.17, 15) is 28.0 Å². The van der Waals surface area contributed by atoms with Gasteiger partial charge < -0.3 is 28.4 Å². The molecule has 4 aromatic carbocycles. The topological polar surface area (TPSA) is 124 Å². The third kappa shape index (κ3) is 9.15. The molecule has 12 heteroatoms. The molecule has 1 aliphatic carbocycles. The quantitative estimate of drug-likeness (QED) is 0.0656. The summed E-state index contributed by atoms with van der Waals surface area (Å²) in [5.74, 6) is -3.80. The van der Waals surface area contributed by atoms with Gasteiger partial charge in [-0.15, -0.1) is 0 Å². The lowest BCUT2D eigenvalue weighted by Gasteiger charge is -2.22. The van der Waals surface area contributed by atoms with Gasteiger partial charge in [0.25, 0.3) is 0 Å². The number of carbonyl (C=O) groups is 4. The number of ether oxygens (including phenoxy) is 6. The largest absolute Gasteiger partial charge is 0.457 e. The summed E-state index contributed by atoms with van der Waals surface area (Å²) in [4.78, 5) is 47.3. The second-order valence-electron chi connectivity index (χ2n) is 12.0. The molecule has 1 aliphatic rings. The van der Waals surface area contributed by atoms with E-state index in [1.165, 1.54) is 44.4 Å². The first kappa shape index (κ1) is 38.7. The highest BCUT2D eigenvalue weighted by molar-refractivity contribution is 5.93. The van der Waals surface area contributed by atoms with Crippen LogP contribution >= 0.6 is 0 Å². The van der Waals surface area contributed by atoms with Crippen molar-refractivity contribution in [3.63, 3.8) is 0 Å². The van der Waals surface area contributed by atoms with E-state index in [4.69, 9.17) is 18.9 Å². The second-order valence-corrected chi connectivity index (χ2v) is 12.0. The lowest BCUT2D eigenvalue weighted by Crippen LogP contribution is -2.16. The maximum Gasteiger partial charge on any atom is 0.346 e. The van der Waals surface area contributed by atoms with Crippen LogP contribution in [-0.2, 0) is 29.2 Å². The normalized spacial score (nSPS) is 11.8. The van der Waals surface area contributed by atoms with Crippen LogP contribution in [0.5, 0.6) is 17.2 Å². The zero-order valence-corrected chi connectivity index (χ0v) is 29.2. The Labute approximate surface area is 299 Å². The summed E-state index contributed by atoms with van der Waals surface area (Å²) >= 11 is 0. The molecule has 0 bridgehead atoms. The van der Waals surface area contributed by atoms with Crippen LogP contribution in [0.3, 0.4) is 0 Å². The van der Waals surface area contributed by atoms with E-state index < -0.39 is 47.7 Å². The van der Waals surface area contributed by atoms with Gasteiger partial charge in [0.2, 0.25) is 6.79 Å². The van der Waals surface area contributed by atoms with Crippen molar-refractivity contribution >= 4 is 23.9 Å². The fraction of sp³-hybridized carbons (Fsp3) is 0.200. The molecule has 0 atom stereocenters. The van der Waals surface area contributed by atoms with Crippen LogP contribution in [-0.4, -0.2) is 44.6 Å². The average Bonchev–Trinajstić information content (AvgIpc) is 3.32. The molecule has 52 heavy (non-hydrogen) atoms. The minimum Gasteiger partial charge on any atom is -0.457 e. The monoisotopic (exact) mass is 714 g/mol. The Morgan fingerprint density at radius 1 is 0.635 bits per heavy atom. The van der Waals surface area contributed by atoms with Gasteiger partial charge in [0.1, 0.15) is 28.9 Å². The number of hydrogen-bond acceptors (Lipinski definition) is 10. The van der Waals surface area contributed by atoms with Gasteiger partial charge in [-0.3, -0.25) is 0 Å². The predicted octanol–water partition coefficient (Wildman–Crippen LogP) is 7.87. The predicted molar refractivity (Wildman–Crippen MR) is 186 cm³/mol. The lowest BCUT2D eigenvalue weighted by molar-refractivity contribution is -0.149. The molecular weight excluding hydrogens is 678 g/mol. The standard InChI is InChI=1S/C34H26F2O7.C6H10O3/c1-19(2)31(37)41-18-40-20-9-14-26(30(36)17-20)33(39)43-22-11-13-24-23-12-10-21(15-27(23)34(3,4)28(24)16-22)42-32(38)25-7-5-6-8-29(25)35;1-5(2)6(7)9-4-8-3/h5-17H,1,18H2,2-4H3;1,4H2,2-3H3. The summed E-state index contributed by atoms with van der Waals surface area (Å²) in [6.45, 7) is 13.4. The fourth-order valence-corrected chi connectivity index (χ4v) is 5.03. The maximum atomic E-state index is 14.7. The minimum atomic E-state index is -0.909. The summed E-state index contributed by atoms with van der Waals surface area (Å²) in [5, 5.41) is 0. The molecule has 0 radical (unpaired) electrons. The summed E-state index contributed by atoms with van der Waals surface area (Å²) in [6, 6.07) is 19.5. The Balaban J connectivity index is 0.000000595. The van der Waals surface area contributed by atoms with Crippen molar-refractivity contribution in [2.75, 3.05) is 20.7 Å². The Kier molecular flexibility index (Phi) is 12.4. The summed E-state index contributed by atoms with van der Waals surface area (Å²) in [5.41, 5.74) is 3.02. The molecule has 10 nitrogen and oxygen atoms in total. The molecule has 0 spiro atoms. The van der Waals surface area contributed by atoms with Gasteiger partial charge in [0.05, 0.1) is 11.1 Å². The number of fused-ring (bicyclic) bond motifs is 3. The van der Waals surface area contributed by atoms with Crippen LogP contribution in [0.4, 0.5) is 8.78 Å². The highest BCUT2D eigenvalue weighted by Crippen LogP contribution is 2.50. The zero-order valence-electron chi connectivity index (χ0n) is 29.2. The Hall–Kier alpha value is -6.14. The van der Waals surface area contributed by atoms with Crippen LogP contribution in [0, 0.1) is 11.6 Å². The van der Waals surface area contributed by atoms with Crippen molar-refractivity contribution in [2.24, 2.45) is 0 Å². The van der Waals surface area contributed by atoms with Crippen LogP contribution in [0.2, 0.25) is 0 Å². The van der Waals surface area contributed by atoms with Gasteiger partial charge in [0, 0.05) is 29.7 Å². The molecule has 0 unspecified atom stereocenters. The number of benzene rings is 4. The molecule has 0 aliphatic heterocycles. The third-order valence-corrected chi connectivity index (χ3v) is 7.71. The van der Waals surface area contributed by atoms with Gasteiger partial charge in [-0.25, -0.2) is 28.0 Å². The molecule has 5 rings (SSSR count). The molecule has 0 amide bonds. The smallest absolute Gasteiger partial charge is 0.346 e. The number of carbonyl (C=O) groups excluding carboxylic acids is 4. The van der Waals surface area contributed by atoms with Crippen molar-refractivity contribution in [2.45, 2.75) is 33.1 Å². The van der Waals surface area contributed by atoms with E-state index in [-0.39, 0.29) is 40.7 Å². The molecule has 0 aromatic heterocycles. The molecule has 0 N–H and O–H groups in total. The number of methoxy groups -OCH3 is 1. The minimum absolute atomic E-state index is 0.00824. The van der Waals surface area contributed by atoms with E-state index in [0.717, 1.165) is 28.3 Å². The number of esters is 4. The molecule has 0 saturated heterocycles. The molecule has 270 valence electrons. The number of rotatable bonds is 11. The average molecular weight is 715 g/mol. The summed E-state index contributed by atoms with van der Waals surface area (Å²) < 4.78 is 58.8. The van der Waals surface area contributed by atoms with E-state index >= 15 is 0 Å². The van der Waals surface area contributed by atoms with E-state index in [1.54, 1.807) is 43.3 Å². The van der Waals surface area contributed by atoms with Crippen molar-refractivity contribution < 1.29 is 56.4 Å². The van der Waals surface area contributed by atoms with Gasteiger partial charge in [-0.2, -0.15) is 0 Å². The van der Waals surface area contributed by atoms with Crippen LogP contribution in [0.15, 0.2) is 103 Å². The van der Waals surface area contributed by atoms with Gasteiger partial charge in [-0.1, -0.05) is 51.3 Å². The Morgan fingerprint density at radius 3 is 1.60 bits per heavy atom. The Bertz CT molecular complexity index is 2050. The first-order chi connectivity index (χ1) is 24.6. The van der Waals surface area contributed by atoms with Crippen LogP contribution < -0.4 is 14.2 Å². The zero-order chi connectivity index (χ0) is 38.2. The maximum absolute atomic E-state index is 14.7. The third-order valence-electron chi connectivity index (χ3n) is 7.71. The number of hydrogen-bond donors (Lipinski definition) is 0. The molecule has 4 aromatic rings. The van der Waals surface area contributed by atoms with Crippen LogP contribution in [0.25, 0.3) is 11.1 Å². The SMILES string of the molecule is C=C(C)C(=O)OCOC.C=C(C)C(=O)OCOc1ccc(C(=O)Oc2ccc3c(c2)C(C)(C)c2cc(OC(=O)c4ccccc4F)ccc2-3)c(F)c1. The summed E-state index contributed by atoms with van der Waals surface area (Å²) in [6.07, 6.45) is 0. The van der Waals surface area contributed by atoms with Gasteiger partial charge >= 0.3 is 23.9 Å². The van der Waals surface area contributed by atoms with Crippen molar-refractivity contribution in [3.8, 4) is 28.4 Å². The number of halogens is 2.